The molecule has 22 heavy (non-hydrogen) atoms. The summed E-state index contributed by atoms with van der Waals surface area (Å²) in [5, 5.41) is 6.41. The van der Waals surface area contributed by atoms with Crippen LogP contribution in [0.1, 0.15) is 24.8 Å². The molecule has 1 aromatic rings. The molecule has 2 aliphatic heterocycles. The number of hydrogen-bond acceptors (Lipinski definition) is 5. The highest BCUT2D eigenvalue weighted by Crippen LogP contribution is 2.27. The lowest BCUT2D eigenvalue weighted by Crippen LogP contribution is -2.32. The zero-order valence-corrected chi connectivity index (χ0v) is 12.6. The summed E-state index contributed by atoms with van der Waals surface area (Å²) in [5.74, 6) is -0.434. The fourth-order valence-electron chi connectivity index (χ4n) is 2.56. The van der Waals surface area contributed by atoms with E-state index >= 15 is 0 Å². The largest absolute Gasteiger partial charge is 0.321 e. The smallest absolute Gasteiger partial charge is 0.271 e. The first-order chi connectivity index (χ1) is 10.5. The minimum absolute atomic E-state index is 0.169. The third-order valence-electron chi connectivity index (χ3n) is 3.68. The van der Waals surface area contributed by atoms with Crippen molar-refractivity contribution in [1.29, 1.82) is 0 Å². The Bertz CT molecular complexity index is 783. The molecule has 2 aliphatic rings. The Hall–Kier alpha value is -2.22. The van der Waals surface area contributed by atoms with Gasteiger partial charge in [0.15, 0.2) is 9.84 Å². The Balaban J connectivity index is 1.79. The highest BCUT2D eigenvalue weighted by molar-refractivity contribution is 7.91. The fourth-order valence-corrected chi connectivity index (χ4v) is 4.14. The number of benzene rings is 1. The number of fused-ring (bicyclic) bond motifs is 1. The molecule has 1 aromatic carbocycles. The zero-order chi connectivity index (χ0) is 15.7. The molecular formula is C14H15N3O4S. The molecule has 3 rings (SSSR count). The number of hydrogen-bond donors (Lipinski definition) is 2. The zero-order valence-electron chi connectivity index (χ0n) is 11.8. The number of carbonyl (C=O) groups excluding carboxylic acids is 2. The van der Waals surface area contributed by atoms with Gasteiger partial charge in [-0.15, -0.1) is 0 Å². The predicted octanol–water partition coefficient (Wildman–Crippen LogP) is 0.611. The first-order valence-corrected chi connectivity index (χ1v) is 8.63. The van der Waals surface area contributed by atoms with Crippen LogP contribution in [0, 0.1) is 0 Å². The average Bonchev–Trinajstić information content (AvgIpc) is 2.47. The molecule has 0 bridgehead atoms. The van der Waals surface area contributed by atoms with E-state index in [1.165, 1.54) is 6.07 Å². The molecular weight excluding hydrogens is 306 g/mol. The maximum absolute atomic E-state index is 12.1. The van der Waals surface area contributed by atoms with Crippen LogP contribution < -0.4 is 10.7 Å². The number of amides is 2. The van der Waals surface area contributed by atoms with E-state index in [2.05, 4.69) is 15.8 Å². The van der Waals surface area contributed by atoms with E-state index in [1.807, 2.05) is 0 Å². The van der Waals surface area contributed by atoms with Crippen molar-refractivity contribution in [3.63, 3.8) is 0 Å². The molecule has 0 saturated carbocycles. The standard InChI is InChI=1S/C14H15N3O4S/c18-13-6-4-11(16-17-13)14(19)15-10-3-5-12-9(8-10)2-1-7-22(12,20)21/h3,5,8H,1-2,4,6-7H2,(H,15,19)(H,17,18). The molecule has 0 radical (unpaired) electrons. The summed E-state index contributed by atoms with van der Waals surface area (Å²) in [4.78, 5) is 23.4. The Morgan fingerprint density at radius 2 is 2.05 bits per heavy atom. The molecule has 0 aliphatic carbocycles. The third-order valence-corrected chi connectivity index (χ3v) is 5.57. The number of nitrogens with one attached hydrogen (secondary N) is 2. The van der Waals surface area contributed by atoms with Crippen molar-refractivity contribution in [2.24, 2.45) is 5.10 Å². The second-order valence-corrected chi connectivity index (χ2v) is 7.37. The second-order valence-electron chi connectivity index (χ2n) is 5.29. The molecule has 0 atom stereocenters. The maximum Gasteiger partial charge on any atom is 0.271 e. The van der Waals surface area contributed by atoms with Gasteiger partial charge >= 0.3 is 0 Å². The Morgan fingerprint density at radius 1 is 1.23 bits per heavy atom. The van der Waals surface area contributed by atoms with Crippen molar-refractivity contribution in [3.05, 3.63) is 23.8 Å². The number of sulfone groups is 1. The van der Waals surface area contributed by atoms with Crippen molar-refractivity contribution < 1.29 is 18.0 Å². The van der Waals surface area contributed by atoms with Gasteiger partial charge in [0.25, 0.3) is 5.91 Å². The van der Waals surface area contributed by atoms with Crippen molar-refractivity contribution >= 4 is 33.1 Å². The van der Waals surface area contributed by atoms with Gasteiger partial charge in [-0.05, 0) is 36.6 Å². The number of nitrogens with zero attached hydrogens (tertiary/aromatic N) is 1. The van der Waals surface area contributed by atoms with Gasteiger partial charge in [0.1, 0.15) is 5.71 Å². The van der Waals surface area contributed by atoms with E-state index in [9.17, 15) is 18.0 Å². The van der Waals surface area contributed by atoms with E-state index in [-0.39, 0.29) is 30.2 Å². The van der Waals surface area contributed by atoms with Crippen LogP contribution in [-0.2, 0) is 25.8 Å². The summed E-state index contributed by atoms with van der Waals surface area (Å²) in [5.41, 5.74) is 3.78. The lowest BCUT2D eigenvalue weighted by molar-refractivity contribution is -0.121. The monoisotopic (exact) mass is 321 g/mol. The minimum atomic E-state index is -3.20. The van der Waals surface area contributed by atoms with Gasteiger partial charge in [-0.3, -0.25) is 9.59 Å². The molecule has 0 spiro atoms. The summed E-state index contributed by atoms with van der Waals surface area (Å²) in [6.07, 6.45) is 1.78. The Labute approximate surface area is 127 Å². The van der Waals surface area contributed by atoms with Gasteiger partial charge in [0, 0.05) is 18.5 Å². The molecule has 0 unspecified atom stereocenters. The van der Waals surface area contributed by atoms with Gasteiger partial charge in [0.2, 0.25) is 5.91 Å². The fraction of sp³-hybridized carbons (Fsp3) is 0.357. The topological polar surface area (TPSA) is 105 Å². The molecule has 0 aromatic heterocycles. The third kappa shape index (κ3) is 2.87. The van der Waals surface area contributed by atoms with Gasteiger partial charge in [0.05, 0.1) is 10.6 Å². The number of anilines is 1. The van der Waals surface area contributed by atoms with Crippen LogP contribution in [0.3, 0.4) is 0 Å². The van der Waals surface area contributed by atoms with Crippen LogP contribution in [0.5, 0.6) is 0 Å². The molecule has 8 heteroatoms. The van der Waals surface area contributed by atoms with Crippen LogP contribution in [0.4, 0.5) is 5.69 Å². The maximum atomic E-state index is 12.1. The van der Waals surface area contributed by atoms with Crippen LogP contribution in [0.15, 0.2) is 28.2 Å². The summed E-state index contributed by atoms with van der Waals surface area (Å²) in [7, 11) is -3.20. The molecule has 0 saturated heterocycles. The molecule has 7 nitrogen and oxygen atoms in total. The van der Waals surface area contributed by atoms with Gasteiger partial charge in [-0.2, -0.15) is 5.10 Å². The summed E-state index contributed by atoms with van der Waals surface area (Å²) in [6.45, 7) is 0. The number of rotatable bonds is 2. The quantitative estimate of drug-likeness (QED) is 0.832. The van der Waals surface area contributed by atoms with Crippen LogP contribution in [0.25, 0.3) is 0 Å². The van der Waals surface area contributed by atoms with Crippen molar-refractivity contribution in [1.82, 2.24) is 5.43 Å². The summed E-state index contributed by atoms with van der Waals surface area (Å²) in [6, 6.07) is 4.79. The van der Waals surface area contributed by atoms with Gasteiger partial charge < -0.3 is 5.32 Å². The van der Waals surface area contributed by atoms with Crippen molar-refractivity contribution in [3.8, 4) is 0 Å². The minimum Gasteiger partial charge on any atom is -0.321 e. The van der Waals surface area contributed by atoms with E-state index < -0.39 is 15.7 Å². The Morgan fingerprint density at radius 3 is 2.77 bits per heavy atom. The van der Waals surface area contributed by atoms with Crippen LogP contribution in [0.2, 0.25) is 0 Å². The first-order valence-electron chi connectivity index (χ1n) is 6.98. The van der Waals surface area contributed by atoms with E-state index in [4.69, 9.17) is 0 Å². The van der Waals surface area contributed by atoms with Crippen LogP contribution >= 0.6 is 0 Å². The van der Waals surface area contributed by atoms with Crippen molar-refractivity contribution in [2.75, 3.05) is 11.1 Å². The van der Waals surface area contributed by atoms with E-state index in [1.54, 1.807) is 12.1 Å². The molecule has 2 amide bonds. The highest BCUT2D eigenvalue weighted by Gasteiger charge is 2.24. The van der Waals surface area contributed by atoms with E-state index in [0.29, 0.717) is 23.4 Å². The average molecular weight is 321 g/mol. The summed E-state index contributed by atoms with van der Waals surface area (Å²) < 4.78 is 23.9. The first kappa shape index (κ1) is 14.7. The lowest BCUT2D eigenvalue weighted by atomic mass is 10.1. The number of carbonyl (C=O) groups is 2. The lowest BCUT2D eigenvalue weighted by Gasteiger charge is -2.17. The number of aryl methyl sites for hydroxylation is 1. The van der Waals surface area contributed by atoms with Crippen LogP contribution in [-0.4, -0.2) is 31.7 Å². The predicted molar refractivity (Wildman–Crippen MR) is 80.3 cm³/mol. The molecule has 2 N–H and O–H groups in total. The Kier molecular flexibility index (Phi) is 3.69. The molecule has 2 heterocycles. The highest BCUT2D eigenvalue weighted by atomic mass is 32.2. The second kappa shape index (κ2) is 5.53. The van der Waals surface area contributed by atoms with E-state index in [0.717, 1.165) is 5.56 Å². The SMILES string of the molecule is O=C1CCC(C(=O)Nc2ccc3c(c2)CCCS3(=O)=O)=NN1. The van der Waals surface area contributed by atoms with Gasteiger partial charge in [-0.1, -0.05) is 0 Å². The molecule has 116 valence electrons. The van der Waals surface area contributed by atoms with Gasteiger partial charge in [-0.25, -0.2) is 13.8 Å². The van der Waals surface area contributed by atoms with Crippen molar-refractivity contribution in [2.45, 2.75) is 30.6 Å². The summed E-state index contributed by atoms with van der Waals surface area (Å²) >= 11 is 0. The normalized spacial score (nSPS) is 19.6. The molecule has 0 fully saturated rings. The number of hydrazone groups is 1.